The third-order valence-electron chi connectivity index (χ3n) is 4.71. The van der Waals surface area contributed by atoms with E-state index in [1.54, 1.807) is 23.0 Å². The Morgan fingerprint density at radius 2 is 1.13 bits per heavy atom. The molecule has 0 aliphatic heterocycles. The van der Waals surface area contributed by atoms with Crippen molar-refractivity contribution in [2.24, 2.45) is 0 Å². The summed E-state index contributed by atoms with van der Waals surface area (Å²) >= 11 is 1.78. The molecule has 148 valence electrons. The Balaban J connectivity index is 2.13. The van der Waals surface area contributed by atoms with Crippen molar-refractivity contribution in [2.45, 2.75) is 0 Å². The molecule has 0 aliphatic carbocycles. The Morgan fingerprint density at radius 3 is 1.60 bits per heavy atom. The Labute approximate surface area is 189 Å². The fraction of sp³-hybridized carbons (Fsp3) is 0. The van der Waals surface area contributed by atoms with Gasteiger partial charge < -0.3 is 3.07 Å². The number of hydrogen-bond donors (Lipinski definition) is 1. The average molecular weight is 527 g/mol. The zero-order valence-electron chi connectivity index (χ0n) is 15.7. The standard InChI is InChI=1S/C24H16IO4P/c25-28-23-21(18-12-6-2-7-13-18)16-20(17-10-4-1-5-11-17)22(24(23)29-30(26)27)19-14-8-3-9-15-19/h1-16H/p+1. The lowest BCUT2D eigenvalue weighted by molar-refractivity contribution is 0.407. The molecular formula is C24H17IO4P+. The van der Waals surface area contributed by atoms with Gasteiger partial charge in [-0.15, -0.1) is 4.89 Å². The molecule has 1 N–H and O–H groups in total. The van der Waals surface area contributed by atoms with Crippen molar-refractivity contribution in [1.82, 2.24) is 0 Å². The van der Waals surface area contributed by atoms with Crippen LogP contribution in [0.15, 0.2) is 97.1 Å². The van der Waals surface area contributed by atoms with Crippen molar-refractivity contribution in [1.29, 1.82) is 0 Å². The molecule has 0 bridgehead atoms. The minimum atomic E-state index is -2.90. The summed E-state index contributed by atoms with van der Waals surface area (Å²) in [4.78, 5) is 9.65. The van der Waals surface area contributed by atoms with Gasteiger partial charge in [-0.3, -0.25) is 0 Å². The molecule has 0 saturated carbocycles. The van der Waals surface area contributed by atoms with Crippen molar-refractivity contribution in [3.05, 3.63) is 97.1 Å². The zero-order chi connectivity index (χ0) is 20.9. The van der Waals surface area contributed by atoms with E-state index in [0.717, 1.165) is 27.8 Å². The molecule has 0 aliphatic rings. The quantitative estimate of drug-likeness (QED) is 0.209. The maximum absolute atomic E-state index is 11.8. The van der Waals surface area contributed by atoms with Crippen molar-refractivity contribution in [3.8, 4) is 44.9 Å². The maximum atomic E-state index is 11.8. The van der Waals surface area contributed by atoms with Crippen LogP contribution < -0.4 is 7.59 Å². The summed E-state index contributed by atoms with van der Waals surface area (Å²) < 4.78 is 23.0. The van der Waals surface area contributed by atoms with E-state index in [1.165, 1.54) is 0 Å². The molecule has 0 radical (unpaired) electrons. The first kappa shape index (κ1) is 20.5. The topological polar surface area (TPSA) is 55.8 Å². The Kier molecular flexibility index (Phi) is 6.43. The highest BCUT2D eigenvalue weighted by Crippen LogP contribution is 2.52. The van der Waals surface area contributed by atoms with E-state index < -0.39 is 8.25 Å². The van der Waals surface area contributed by atoms with Crippen LogP contribution in [0.4, 0.5) is 0 Å². The molecule has 0 aromatic heterocycles. The molecule has 4 nitrogen and oxygen atoms in total. The summed E-state index contributed by atoms with van der Waals surface area (Å²) in [6.45, 7) is 0. The Hall–Kier alpha value is -2.73. The second-order valence-electron chi connectivity index (χ2n) is 6.51. The maximum Gasteiger partial charge on any atom is 0.747 e. The SMILES string of the molecule is O=[P+](O)Oc1c(OI)c(-c2ccccc2)cc(-c2ccccc2)c1-c1ccccc1. The van der Waals surface area contributed by atoms with E-state index in [4.69, 9.17) is 7.59 Å². The normalized spacial score (nSPS) is 11.1. The molecule has 30 heavy (non-hydrogen) atoms. The molecule has 4 rings (SSSR count). The van der Waals surface area contributed by atoms with Gasteiger partial charge in [-0.05, 0) is 28.3 Å². The lowest BCUT2D eigenvalue weighted by Crippen LogP contribution is -1.96. The van der Waals surface area contributed by atoms with Crippen LogP contribution in [-0.4, -0.2) is 4.89 Å². The van der Waals surface area contributed by atoms with Gasteiger partial charge >= 0.3 is 8.25 Å². The minimum Gasteiger partial charge on any atom is -0.423 e. The van der Waals surface area contributed by atoms with Crippen LogP contribution in [0.3, 0.4) is 0 Å². The molecule has 1 atom stereocenters. The van der Waals surface area contributed by atoms with E-state index in [2.05, 4.69) is 0 Å². The van der Waals surface area contributed by atoms with Gasteiger partial charge in [0.05, 0.1) is 0 Å². The number of hydrogen-bond acceptors (Lipinski definition) is 3. The van der Waals surface area contributed by atoms with E-state index >= 15 is 0 Å². The van der Waals surface area contributed by atoms with E-state index in [0.29, 0.717) is 11.3 Å². The minimum absolute atomic E-state index is 0.236. The summed E-state index contributed by atoms with van der Waals surface area (Å²) in [5.41, 5.74) is 5.09. The van der Waals surface area contributed by atoms with Gasteiger partial charge in [0.1, 0.15) is 0 Å². The molecule has 4 aromatic carbocycles. The van der Waals surface area contributed by atoms with E-state index in [-0.39, 0.29) is 5.75 Å². The van der Waals surface area contributed by atoms with Gasteiger partial charge in [-0.2, -0.15) is 0 Å². The first-order valence-electron chi connectivity index (χ1n) is 9.19. The average Bonchev–Trinajstić information content (AvgIpc) is 2.79. The van der Waals surface area contributed by atoms with Crippen LogP contribution >= 0.6 is 31.3 Å². The first-order chi connectivity index (χ1) is 14.7. The van der Waals surface area contributed by atoms with Gasteiger partial charge in [-0.25, -0.2) is 4.52 Å². The number of rotatable bonds is 6. The molecule has 0 saturated heterocycles. The predicted molar refractivity (Wildman–Crippen MR) is 128 cm³/mol. The van der Waals surface area contributed by atoms with Gasteiger partial charge in [0.15, 0.2) is 28.8 Å². The van der Waals surface area contributed by atoms with Gasteiger partial charge in [0, 0.05) is 15.7 Å². The van der Waals surface area contributed by atoms with Crippen LogP contribution in [0, 0.1) is 0 Å². The summed E-state index contributed by atoms with van der Waals surface area (Å²) in [6.07, 6.45) is 0. The van der Waals surface area contributed by atoms with E-state index in [1.807, 2.05) is 97.1 Å². The Morgan fingerprint density at radius 1 is 0.667 bits per heavy atom. The predicted octanol–water partition coefficient (Wildman–Crippen LogP) is 7.44. The molecule has 4 aromatic rings. The largest absolute Gasteiger partial charge is 0.747 e. The molecular weight excluding hydrogens is 510 g/mol. The van der Waals surface area contributed by atoms with Crippen molar-refractivity contribution in [2.75, 3.05) is 0 Å². The van der Waals surface area contributed by atoms with Crippen LogP contribution in [0.5, 0.6) is 11.5 Å². The third-order valence-corrected chi connectivity index (χ3v) is 5.49. The van der Waals surface area contributed by atoms with Gasteiger partial charge in [0.2, 0.25) is 5.75 Å². The smallest absolute Gasteiger partial charge is 0.423 e. The van der Waals surface area contributed by atoms with Crippen molar-refractivity contribution in [3.63, 3.8) is 0 Å². The molecule has 0 fully saturated rings. The van der Waals surface area contributed by atoms with Crippen molar-refractivity contribution >= 4 is 31.3 Å². The highest BCUT2D eigenvalue weighted by atomic mass is 127. The first-order valence-corrected chi connectivity index (χ1v) is 11.2. The summed E-state index contributed by atoms with van der Waals surface area (Å²) in [7, 11) is -2.90. The molecule has 1 unspecified atom stereocenters. The van der Waals surface area contributed by atoms with Crippen molar-refractivity contribution < 1.29 is 17.0 Å². The van der Waals surface area contributed by atoms with Crippen LogP contribution in [0.25, 0.3) is 33.4 Å². The molecule has 6 heteroatoms. The number of benzene rings is 4. The zero-order valence-corrected chi connectivity index (χ0v) is 18.8. The lowest BCUT2D eigenvalue weighted by atomic mass is 9.89. The third kappa shape index (κ3) is 4.24. The fourth-order valence-electron chi connectivity index (χ4n) is 3.45. The molecule has 0 heterocycles. The summed E-state index contributed by atoms with van der Waals surface area (Å²) in [5.74, 6) is 0.636. The molecule has 0 spiro atoms. The number of halogens is 1. The fourth-order valence-corrected chi connectivity index (χ4v) is 4.22. The monoisotopic (exact) mass is 527 g/mol. The van der Waals surface area contributed by atoms with Gasteiger partial charge in [-0.1, -0.05) is 91.0 Å². The second kappa shape index (κ2) is 9.39. The molecule has 0 amide bonds. The highest BCUT2D eigenvalue weighted by molar-refractivity contribution is 14.1. The summed E-state index contributed by atoms with van der Waals surface area (Å²) in [6, 6.07) is 31.3. The van der Waals surface area contributed by atoms with E-state index in [9.17, 15) is 9.46 Å². The lowest BCUT2D eigenvalue weighted by Gasteiger charge is -2.18. The Bertz CT molecular complexity index is 1170. The van der Waals surface area contributed by atoms with Gasteiger partial charge in [0.25, 0.3) is 0 Å². The highest BCUT2D eigenvalue weighted by Gasteiger charge is 2.30. The van der Waals surface area contributed by atoms with Crippen LogP contribution in [-0.2, 0) is 4.57 Å². The van der Waals surface area contributed by atoms with Crippen LogP contribution in [0.2, 0.25) is 0 Å². The summed E-state index contributed by atoms with van der Waals surface area (Å²) in [5, 5.41) is 0. The van der Waals surface area contributed by atoms with Crippen LogP contribution in [0.1, 0.15) is 0 Å². The second-order valence-corrected chi connectivity index (χ2v) is 7.61.